The van der Waals surface area contributed by atoms with E-state index in [4.69, 9.17) is 5.14 Å². The van der Waals surface area contributed by atoms with Crippen LogP contribution >= 0.6 is 11.8 Å². The minimum absolute atomic E-state index is 0.0458. The fourth-order valence-corrected chi connectivity index (χ4v) is 3.05. The number of primary sulfonamides is 1. The summed E-state index contributed by atoms with van der Waals surface area (Å²) in [4.78, 5) is 13.8. The predicted molar refractivity (Wildman–Crippen MR) is 86.6 cm³/mol. The van der Waals surface area contributed by atoms with E-state index in [2.05, 4.69) is 6.92 Å². The third-order valence-electron chi connectivity index (χ3n) is 3.31. The zero-order valence-electron chi connectivity index (χ0n) is 12.6. The number of sulfonamides is 1. The molecule has 0 spiro atoms. The van der Waals surface area contributed by atoms with E-state index in [1.165, 1.54) is 12.1 Å². The molecule has 1 atom stereocenters. The number of nitrogens with zero attached hydrogens (tertiary/aromatic N) is 1. The molecule has 7 heteroatoms. The highest BCUT2D eigenvalue weighted by Crippen LogP contribution is 2.22. The summed E-state index contributed by atoms with van der Waals surface area (Å²) in [5.41, 5.74) is 0.750. The van der Waals surface area contributed by atoms with Crippen molar-refractivity contribution in [3.63, 3.8) is 0 Å². The molecule has 1 aromatic carbocycles. The fraction of sp³-hybridized carbons (Fsp3) is 0.500. The number of thioether (sulfide) groups is 1. The molecule has 0 bridgehead atoms. The fourth-order valence-electron chi connectivity index (χ4n) is 1.87. The van der Waals surface area contributed by atoms with Gasteiger partial charge < -0.3 is 4.90 Å². The van der Waals surface area contributed by atoms with Crippen LogP contribution in [0.3, 0.4) is 0 Å². The average Bonchev–Trinajstić information content (AvgIpc) is 2.45. The van der Waals surface area contributed by atoms with Crippen LogP contribution in [0.25, 0.3) is 0 Å². The zero-order chi connectivity index (χ0) is 16.0. The van der Waals surface area contributed by atoms with Gasteiger partial charge in [0, 0.05) is 19.2 Å². The van der Waals surface area contributed by atoms with Gasteiger partial charge in [0.25, 0.3) is 0 Å². The molecule has 0 heterocycles. The van der Waals surface area contributed by atoms with Crippen molar-refractivity contribution in [2.24, 2.45) is 5.14 Å². The van der Waals surface area contributed by atoms with E-state index in [1.807, 2.05) is 6.92 Å². The van der Waals surface area contributed by atoms with E-state index in [-0.39, 0.29) is 16.8 Å². The second-order valence-corrected chi connectivity index (χ2v) is 7.70. The highest BCUT2D eigenvalue weighted by atomic mass is 32.2. The Labute approximate surface area is 130 Å². The molecule has 0 aromatic heterocycles. The van der Waals surface area contributed by atoms with E-state index >= 15 is 0 Å². The van der Waals surface area contributed by atoms with E-state index in [9.17, 15) is 13.2 Å². The molecule has 1 amide bonds. The van der Waals surface area contributed by atoms with Gasteiger partial charge in [-0.25, -0.2) is 13.6 Å². The first-order valence-corrected chi connectivity index (χ1v) is 9.43. The molecule has 0 aliphatic heterocycles. The van der Waals surface area contributed by atoms with Crippen molar-refractivity contribution in [3.05, 3.63) is 29.8 Å². The van der Waals surface area contributed by atoms with Crippen molar-refractivity contribution < 1.29 is 13.2 Å². The Bertz CT molecular complexity index is 588. The Kier molecular flexibility index (Phi) is 6.70. The number of nitrogens with two attached hydrogens (primary N) is 1. The summed E-state index contributed by atoms with van der Waals surface area (Å²) in [6.07, 6.45) is 0.480. The number of amides is 1. The highest BCUT2D eigenvalue weighted by Gasteiger charge is 2.18. The monoisotopic (exact) mass is 330 g/mol. The first kappa shape index (κ1) is 18.0. The first-order chi connectivity index (χ1) is 9.77. The lowest BCUT2D eigenvalue weighted by Crippen LogP contribution is -2.30. The molecule has 21 heavy (non-hydrogen) atoms. The summed E-state index contributed by atoms with van der Waals surface area (Å²) in [5, 5.41) is 5.13. The lowest BCUT2D eigenvalue weighted by Gasteiger charge is -2.25. The Morgan fingerprint density at radius 3 is 2.67 bits per heavy atom. The van der Waals surface area contributed by atoms with Crippen molar-refractivity contribution in [1.82, 2.24) is 4.90 Å². The molecule has 0 aliphatic rings. The molecule has 0 unspecified atom stereocenters. The Hall–Kier alpha value is -1.05. The molecule has 0 radical (unpaired) electrons. The topological polar surface area (TPSA) is 80.5 Å². The molecular formula is C14H22N2O3S2. The van der Waals surface area contributed by atoms with Crippen LogP contribution < -0.4 is 5.14 Å². The van der Waals surface area contributed by atoms with Crippen LogP contribution in [-0.4, -0.2) is 37.8 Å². The SMILES string of the molecule is CCSCCC(=O)N(C)[C@H](C)c1cccc(S(N)(=O)=O)c1. The molecule has 1 rings (SSSR count). The van der Waals surface area contributed by atoms with Crippen LogP contribution in [0.4, 0.5) is 0 Å². The number of carbonyl (C=O) groups is 1. The molecule has 118 valence electrons. The maximum atomic E-state index is 12.1. The molecule has 5 nitrogen and oxygen atoms in total. The predicted octanol–water partition coefficient (Wildman–Crippen LogP) is 2.00. The van der Waals surface area contributed by atoms with Crippen molar-refractivity contribution in [2.75, 3.05) is 18.6 Å². The normalized spacial score (nSPS) is 13.0. The molecule has 2 N–H and O–H groups in total. The number of rotatable bonds is 7. The molecule has 0 saturated heterocycles. The summed E-state index contributed by atoms with van der Waals surface area (Å²) in [5.74, 6) is 1.83. The number of carbonyl (C=O) groups excluding carboxylic acids is 1. The Morgan fingerprint density at radius 2 is 2.10 bits per heavy atom. The third kappa shape index (κ3) is 5.33. The summed E-state index contributed by atoms with van der Waals surface area (Å²) >= 11 is 1.72. The zero-order valence-corrected chi connectivity index (χ0v) is 14.2. The van der Waals surface area contributed by atoms with Crippen molar-refractivity contribution in [2.45, 2.75) is 31.2 Å². The number of hydrogen-bond donors (Lipinski definition) is 1. The molecule has 0 saturated carbocycles. The standard InChI is InChI=1S/C14H22N2O3S2/c1-4-20-9-8-14(17)16(3)11(2)12-6-5-7-13(10-12)21(15,18)19/h5-7,10-11H,4,8-9H2,1-3H3,(H2,15,18,19)/t11-/m1/s1. The van der Waals surface area contributed by atoms with Crippen LogP contribution in [0.15, 0.2) is 29.2 Å². The van der Waals surface area contributed by atoms with Gasteiger partial charge >= 0.3 is 0 Å². The van der Waals surface area contributed by atoms with Gasteiger partial charge in [-0.05, 0) is 30.4 Å². The minimum Gasteiger partial charge on any atom is -0.339 e. The van der Waals surface area contributed by atoms with Crippen LogP contribution in [0, 0.1) is 0 Å². The van der Waals surface area contributed by atoms with E-state index in [0.717, 1.165) is 17.1 Å². The van der Waals surface area contributed by atoms with Gasteiger partial charge in [0.2, 0.25) is 15.9 Å². The first-order valence-electron chi connectivity index (χ1n) is 6.73. The van der Waals surface area contributed by atoms with E-state index in [0.29, 0.717) is 6.42 Å². The maximum Gasteiger partial charge on any atom is 0.238 e. The average molecular weight is 330 g/mol. The molecule has 0 fully saturated rings. The van der Waals surface area contributed by atoms with Gasteiger partial charge in [-0.2, -0.15) is 11.8 Å². The molecular weight excluding hydrogens is 308 g/mol. The Balaban J connectivity index is 2.83. The smallest absolute Gasteiger partial charge is 0.238 e. The highest BCUT2D eigenvalue weighted by molar-refractivity contribution is 7.99. The largest absolute Gasteiger partial charge is 0.339 e. The van der Waals surface area contributed by atoms with Crippen molar-refractivity contribution in [1.29, 1.82) is 0 Å². The van der Waals surface area contributed by atoms with E-state index in [1.54, 1.807) is 35.8 Å². The van der Waals surface area contributed by atoms with Crippen LogP contribution in [-0.2, 0) is 14.8 Å². The van der Waals surface area contributed by atoms with Gasteiger partial charge in [0.1, 0.15) is 0 Å². The summed E-state index contributed by atoms with van der Waals surface area (Å²) in [7, 11) is -2.00. The number of benzene rings is 1. The van der Waals surface area contributed by atoms with Gasteiger partial charge in [0.15, 0.2) is 0 Å². The molecule has 1 aromatic rings. The summed E-state index contributed by atoms with van der Waals surface area (Å²) in [6, 6.07) is 6.20. The van der Waals surface area contributed by atoms with Gasteiger partial charge in [-0.3, -0.25) is 4.79 Å². The van der Waals surface area contributed by atoms with Gasteiger partial charge in [0.05, 0.1) is 10.9 Å². The summed E-state index contributed by atoms with van der Waals surface area (Å²) in [6.45, 7) is 3.92. The quantitative estimate of drug-likeness (QED) is 0.775. The Morgan fingerprint density at radius 1 is 1.43 bits per heavy atom. The lowest BCUT2D eigenvalue weighted by atomic mass is 10.1. The second-order valence-electron chi connectivity index (χ2n) is 4.75. The number of hydrogen-bond acceptors (Lipinski definition) is 4. The third-order valence-corrected chi connectivity index (χ3v) is 5.12. The van der Waals surface area contributed by atoms with Crippen LogP contribution in [0.5, 0.6) is 0 Å². The van der Waals surface area contributed by atoms with Crippen LogP contribution in [0.2, 0.25) is 0 Å². The van der Waals surface area contributed by atoms with Crippen molar-refractivity contribution >= 4 is 27.7 Å². The van der Waals surface area contributed by atoms with Crippen LogP contribution in [0.1, 0.15) is 31.9 Å². The second kappa shape index (κ2) is 7.82. The van der Waals surface area contributed by atoms with E-state index < -0.39 is 10.0 Å². The molecule has 0 aliphatic carbocycles. The minimum atomic E-state index is -3.73. The maximum absolute atomic E-state index is 12.1. The van der Waals surface area contributed by atoms with Gasteiger partial charge in [-0.1, -0.05) is 19.1 Å². The van der Waals surface area contributed by atoms with Crippen molar-refractivity contribution in [3.8, 4) is 0 Å². The summed E-state index contributed by atoms with van der Waals surface area (Å²) < 4.78 is 22.8. The lowest BCUT2D eigenvalue weighted by molar-refractivity contribution is -0.131. The van der Waals surface area contributed by atoms with Gasteiger partial charge in [-0.15, -0.1) is 0 Å².